The number of imide groups is 1. The van der Waals surface area contributed by atoms with Gasteiger partial charge in [0.1, 0.15) is 11.3 Å². The topological polar surface area (TPSA) is 87.7 Å². The lowest BCUT2D eigenvalue weighted by Crippen LogP contribution is -2.53. The van der Waals surface area contributed by atoms with Crippen molar-refractivity contribution in [2.24, 2.45) is 17.8 Å². The van der Waals surface area contributed by atoms with Crippen LogP contribution in [0.2, 0.25) is 0 Å². The molecule has 0 aliphatic carbocycles. The van der Waals surface area contributed by atoms with Crippen LogP contribution >= 0.6 is 0 Å². The van der Waals surface area contributed by atoms with Crippen molar-refractivity contribution in [2.75, 3.05) is 12.4 Å². The molecule has 3 aliphatic rings. The van der Waals surface area contributed by atoms with E-state index in [1.165, 1.54) is 4.90 Å². The highest BCUT2D eigenvalue weighted by atomic mass is 16.5. The van der Waals surface area contributed by atoms with E-state index in [-0.39, 0.29) is 36.2 Å². The number of hydrogen-bond acceptors (Lipinski definition) is 5. The first-order valence-electron chi connectivity index (χ1n) is 10.5. The van der Waals surface area contributed by atoms with E-state index < -0.39 is 17.4 Å². The maximum absolute atomic E-state index is 13.7. The van der Waals surface area contributed by atoms with Gasteiger partial charge in [0.15, 0.2) is 0 Å². The van der Waals surface area contributed by atoms with Crippen molar-refractivity contribution in [2.45, 2.75) is 32.0 Å². The zero-order valence-corrected chi connectivity index (χ0v) is 17.7. The highest BCUT2D eigenvalue weighted by Gasteiger charge is 2.70. The predicted molar refractivity (Wildman–Crippen MR) is 114 cm³/mol. The maximum Gasteiger partial charge on any atom is 0.250 e. The van der Waals surface area contributed by atoms with Crippen LogP contribution in [-0.2, 0) is 26.5 Å². The van der Waals surface area contributed by atoms with E-state index in [1.807, 2.05) is 62.4 Å². The Labute approximate surface area is 180 Å². The molecule has 3 amide bonds. The molecular formula is C24H25N3O4. The van der Waals surface area contributed by atoms with Crippen LogP contribution in [0, 0.1) is 17.8 Å². The van der Waals surface area contributed by atoms with Gasteiger partial charge < -0.3 is 10.1 Å². The number of carbonyl (C=O) groups is 3. The summed E-state index contributed by atoms with van der Waals surface area (Å²) in [4.78, 5) is 41.8. The minimum atomic E-state index is -1.22. The summed E-state index contributed by atoms with van der Waals surface area (Å²) in [7, 11) is 1.59. The number of ether oxygens (including phenoxy) is 1. The first kappa shape index (κ1) is 19.8. The fraction of sp³-hybridized carbons (Fsp3) is 0.375. The molecule has 31 heavy (non-hydrogen) atoms. The van der Waals surface area contributed by atoms with E-state index in [4.69, 9.17) is 4.74 Å². The van der Waals surface area contributed by atoms with Gasteiger partial charge in [0.25, 0.3) is 0 Å². The molecule has 0 unspecified atom stereocenters. The summed E-state index contributed by atoms with van der Waals surface area (Å²) < 4.78 is 5.19. The average molecular weight is 419 g/mol. The van der Waals surface area contributed by atoms with Crippen molar-refractivity contribution in [3.05, 3.63) is 59.7 Å². The highest BCUT2D eigenvalue weighted by Crippen LogP contribution is 2.54. The van der Waals surface area contributed by atoms with E-state index >= 15 is 0 Å². The summed E-state index contributed by atoms with van der Waals surface area (Å²) in [6.45, 7) is 4.20. The summed E-state index contributed by atoms with van der Waals surface area (Å²) in [5.74, 6) is -1.34. The number of nitrogens with zero attached hydrogens (tertiary/aromatic N) is 1. The van der Waals surface area contributed by atoms with E-state index in [2.05, 4.69) is 10.6 Å². The van der Waals surface area contributed by atoms with E-state index in [1.54, 1.807) is 7.11 Å². The minimum Gasteiger partial charge on any atom is -0.497 e. The SMILES string of the molecule is COc1ccc(CN2C(=O)[C@@H]3[C@H](C(C)C)N[C@@]4(C(=O)Nc5ccccc54)[C@H]3C2=O)cc1. The Morgan fingerprint density at radius 2 is 1.74 bits per heavy atom. The van der Waals surface area contributed by atoms with Gasteiger partial charge in [0, 0.05) is 17.3 Å². The third kappa shape index (κ3) is 2.66. The maximum atomic E-state index is 13.7. The monoisotopic (exact) mass is 419 g/mol. The summed E-state index contributed by atoms with van der Waals surface area (Å²) in [5, 5.41) is 6.35. The van der Waals surface area contributed by atoms with Crippen LogP contribution in [0.15, 0.2) is 48.5 Å². The van der Waals surface area contributed by atoms with Gasteiger partial charge in [-0.25, -0.2) is 0 Å². The number of fused-ring (bicyclic) bond motifs is 4. The van der Waals surface area contributed by atoms with Crippen LogP contribution in [0.5, 0.6) is 5.75 Å². The van der Waals surface area contributed by atoms with Crippen molar-refractivity contribution < 1.29 is 19.1 Å². The summed E-state index contributed by atoms with van der Waals surface area (Å²) in [5.41, 5.74) is 1.04. The zero-order valence-electron chi connectivity index (χ0n) is 17.7. The lowest BCUT2D eigenvalue weighted by molar-refractivity contribution is -0.143. The molecule has 160 valence electrons. The van der Waals surface area contributed by atoms with Crippen molar-refractivity contribution in [1.82, 2.24) is 10.2 Å². The Kier molecular flexibility index (Phi) is 4.41. The second-order valence-corrected chi connectivity index (χ2v) is 8.84. The Morgan fingerprint density at radius 1 is 1.03 bits per heavy atom. The number of rotatable bonds is 4. The number of amides is 3. The van der Waals surface area contributed by atoms with Gasteiger partial charge in [-0.2, -0.15) is 0 Å². The van der Waals surface area contributed by atoms with Crippen molar-refractivity contribution in [3.8, 4) is 5.75 Å². The van der Waals surface area contributed by atoms with E-state index in [0.29, 0.717) is 11.4 Å². The lowest BCUT2D eigenvalue weighted by atomic mass is 9.76. The van der Waals surface area contributed by atoms with Crippen LogP contribution in [-0.4, -0.2) is 35.8 Å². The van der Waals surface area contributed by atoms with Gasteiger partial charge in [0.05, 0.1) is 25.5 Å². The molecule has 2 aromatic rings. The lowest BCUT2D eigenvalue weighted by Gasteiger charge is -2.30. The number of methoxy groups -OCH3 is 1. The number of nitrogens with one attached hydrogen (secondary N) is 2. The third-order valence-corrected chi connectivity index (χ3v) is 6.87. The smallest absolute Gasteiger partial charge is 0.250 e. The van der Waals surface area contributed by atoms with E-state index in [0.717, 1.165) is 11.1 Å². The minimum absolute atomic E-state index is 0.0742. The number of likely N-dealkylation sites (tertiary alicyclic amines) is 1. The molecule has 2 N–H and O–H groups in total. The molecule has 4 atom stereocenters. The average Bonchev–Trinajstić information content (AvgIpc) is 3.35. The van der Waals surface area contributed by atoms with Gasteiger partial charge in [-0.3, -0.25) is 24.6 Å². The van der Waals surface area contributed by atoms with Crippen LogP contribution in [0.1, 0.15) is 25.0 Å². The number of para-hydroxylation sites is 1. The molecule has 5 rings (SSSR count). The largest absolute Gasteiger partial charge is 0.497 e. The Hall–Kier alpha value is -3.19. The Bertz CT molecular complexity index is 1080. The summed E-state index contributed by atoms with van der Waals surface area (Å²) >= 11 is 0. The third-order valence-electron chi connectivity index (χ3n) is 6.87. The van der Waals surface area contributed by atoms with Crippen LogP contribution in [0.4, 0.5) is 5.69 Å². The van der Waals surface area contributed by atoms with Gasteiger partial charge in [-0.05, 0) is 29.7 Å². The highest BCUT2D eigenvalue weighted by molar-refractivity contribution is 6.15. The number of anilines is 1. The van der Waals surface area contributed by atoms with Crippen LogP contribution < -0.4 is 15.4 Å². The van der Waals surface area contributed by atoms with Crippen LogP contribution in [0.3, 0.4) is 0 Å². The predicted octanol–water partition coefficient (Wildman–Crippen LogP) is 2.27. The van der Waals surface area contributed by atoms with Crippen molar-refractivity contribution >= 4 is 23.4 Å². The van der Waals surface area contributed by atoms with Crippen molar-refractivity contribution in [3.63, 3.8) is 0 Å². The molecule has 2 fully saturated rings. The quantitative estimate of drug-likeness (QED) is 0.743. The van der Waals surface area contributed by atoms with E-state index in [9.17, 15) is 14.4 Å². The van der Waals surface area contributed by atoms with Gasteiger partial charge in [-0.1, -0.05) is 44.2 Å². The molecule has 0 radical (unpaired) electrons. The Morgan fingerprint density at radius 3 is 2.42 bits per heavy atom. The molecule has 2 aromatic carbocycles. The number of hydrogen-bond donors (Lipinski definition) is 2. The van der Waals surface area contributed by atoms with Gasteiger partial charge in [-0.15, -0.1) is 0 Å². The normalized spacial score (nSPS) is 29.0. The molecular weight excluding hydrogens is 394 g/mol. The molecule has 7 nitrogen and oxygen atoms in total. The molecule has 0 bridgehead atoms. The molecule has 0 aromatic heterocycles. The molecule has 3 heterocycles. The molecule has 1 spiro atoms. The first-order chi connectivity index (χ1) is 14.9. The number of benzene rings is 2. The fourth-order valence-electron chi connectivity index (χ4n) is 5.39. The van der Waals surface area contributed by atoms with Crippen LogP contribution in [0.25, 0.3) is 0 Å². The first-order valence-corrected chi connectivity index (χ1v) is 10.5. The van der Waals surface area contributed by atoms with Gasteiger partial charge >= 0.3 is 0 Å². The molecule has 3 aliphatic heterocycles. The second kappa shape index (κ2) is 6.92. The Balaban J connectivity index is 1.56. The second-order valence-electron chi connectivity index (χ2n) is 8.84. The molecule has 7 heteroatoms. The van der Waals surface area contributed by atoms with Gasteiger partial charge in [0.2, 0.25) is 17.7 Å². The standard InChI is InChI=1S/C24H25N3O4/c1-13(2)20-18-19(24(26-20)16-6-4-5-7-17(16)25-23(24)30)22(29)27(21(18)28)12-14-8-10-15(31-3)11-9-14/h4-11,13,18-20,26H,12H2,1-3H3,(H,25,30)/t18-,19+,20-,24+/m0/s1. The molecule has 2 saturated heterocycles. The number of carbonyl (C=O) groups excluding carboxylic acids is 3. The van der Waals surface area contributed by atoms with Crippen molar-refractivity contribution in [1.29, 1.82) is 0 Å². The zero-order chi connectivity index (χ0) is 21.9. The summed E-state index contributed by atoms with van der Waals surface area (Å²) in [6.07, 6.45) is 0. The summed E-state index contributed by atoms with van der Waals surface area (Å²) in [6, 6.07) is 14.4. The molecule has 0 saturated carbocycles. The fourth-order valence-corrected chi connectivity index (χ4v) is 5.39.